The molecule has 0 amide bonds. The monoisotopic (exact) mass is 440 g/mol. The first-order valence-electron chi connectivity index (χ1n) is 12.5. The van der Waals surface area contributed by atoms with Gasteiger partial charge in [-0.2, -0.15) is 8.78 Å². The highest BCUT2D eigenvalue weighted by molar-refractivity contribution is 5.77. The van der Waals surface area contributed by atoms with E-state index in [2.05, 4.69) is 24.7 Å². The van der Waals surface area contributed by atoms with Crippen LogP contribution in [0.1, 0.15) is 91.9 Å². The maximum atomic E-state index is 14.1. The molecule has 0 aromatic carbocycles. The highest BCUT2D eigenvalue weighted by Gasteiger charge is 2.58. The standard InChI is InChI=1S/C24H36F2O3.C2H6/c1-22-12-10-20-18(6-4-16-14-17(27)9-11-23(16,20)2)19(22)7-5-15(22)8-13-24(25,26)21(28)29-3;1-2/h4,15,17-20,27H,5-14H2,1-3H3;1-2H3/t15?,17?,18?,19-,20?,22?,23?;/m0./s1. The normalized spacial score (nSPS) is 41.7. The maximum Gasteiger partial charge on any atom is 0.376 e. The summed E-state index contributed by atoms with van der Waals surface area (Å²) >= 11 is 0. The third-order valence-electron chi connectivity index (χ3n) is 9.57. The van der Waals surface area contributed by atoms with E-state index < -0.39 is 18.3 Å². The predicted molar refractivity (Wildman–Crippen MR) is 119 cm³/mol. The van der Waals surface area contributed by atoms with Gasteiger partial charge in [-0.15, -0.1) is 0 Å². The Labute approximate surface area is 187 Å². The molecule has 5 heteroatoms. The van der Waals surface area contributed by atoms with Gasteiger partial charge < -0.3 is 9.84 Å². The smallest absolute Gasteiger partial charge is 0.376 e. The van der Waals surface area contributed by atoms with E-state index in [0.29, 0.717) is 24.2 Å². The van der Waals surface area contributed by atoms with Crippen molar-refractivity contribution in [3.63, 3.8) is 0 Å². The number of alkyl halides is 2. The van der Waals surface area contributed by atoms with Crippen molar-refractivity contribution in [1.82, 2.24) is 0 Å². The van der Waals surface area contributed by atoms with Gasteiger partial charge in [0.15, 0.2) is 0 Å². The lowest BCUT2D eigenvalue weighted by Crippen LogP contribution is -2.50. The SMILES string of the molecule is CC.COC(=O)C(F)(F)CCC1CC[C@H]2C3CC=C4CC(O)CCC4(C)C3CCC12C. The number of ether oxygens (including phenoxy) is 1. The largest absolute Gasteiger partial charge is 0.465 e. The number of methoxy groups -OCH3 is 1. The number of esters is 1. The molecule has 178 valence electrons. The summed E-state index contributed by atoms with van der Waals surface area (Å²) in [6.45, 7) is 8.74. The Morgan fingerprint density at radius 3 is 2.55 bits per heavy atom. The third kappa shape index (κ3) is 4.20. The summed E-state index contributed by atoms with van der Waals surface area (Å²) in [5, 5.41) is 10.1. The molecule has 0 bridgehead atoms. The van der Waals surface area contributed by atoms with Crippen LogP contribution in [0.3, 0.4) is 0 Å². The molecule has 4 rings (SSSR count). The Hall–Kier alpha value is -0.970. The van der Waals surface area contributed by atoms with Crippen molar-refractivity contribution in [2.75, 3.05) is 7.11 Å². The van der Waals surface area contributed by atoms with Crippen LogP contribution in [0.4, 0.5) is 8.78 Å². The minimum absolute atomic E-state index is 0.100. The third-order valence-corrected chi connectivity index (χ3v) is 9.57. The first-order chi connectivity index (χ1) is 14.6. The van der Waals surface area contributed by atoms with Crippen molar-refractivity contribution in [1.29, 1.82) is 0 Å². The number of rotatable bonds is 4. The van der Waals surface area contributed by atoms with Crippen LogP contribution in [0.5, 0.6) is 0 Å². The Morgan fingerprint density at radius 2 is 1.87 bits per heavy atom. The summed E-state index contributed by atoms with van der Waals surface area (Å²) in [5.74, 6) is -2.65. The van der Waals surface area contributed by atoms with E-state index in [9.17, 15) is 18.7 Å². The average molecular weight is 441 g/mol. The lowest BCUT2D eigenvalue weighted by molar-refractivity contribution is -0.170. The Bertz CT molecular complexity index is 690. The number of allylic oxidation sites excluding steroid dienone is 1. The average Bonchev–Trinajstić information content (AvgIpc) is 3.10. The zero-order chi connectivity index (χ0) is 23.0. The van der Waals surface area contributed by atoms with Crippen molar-refractivity contribution in [2.45, 2.75) is 104 Å². The van der Waals surface area contributed by atoms with Crippen LogP contribution in [0.25, 0.3) is 0 Å². The molecule has 7 atom stereocenters. The second-order valence-electron chi connectivity index (χ2n) is 10.7. The molecule has 31 heavy (non-hydrogen) atoms. The molecule has 0 aromatic heterocycles. The highest BCUT2D eigenvalue weighted by Crippen LogP contribution is 2.66. The number of carbonyl (C=O) groups is 1. The molecule has 4 aliphatic rings. The van der Waals surface area contributed by atoms with Crippen LogP contribution in [-0.4, -0.2) is 30.2 Å². The van der Waals surface area contributed by atoms with Gasteiger partial charge in [-0.25, -0.2) is 4.79 Å². The molecule has 3 nitrogen and oxygen atoms in total. The molecular weight excluding hydrogens is 398 g/mol. The summed E-state index contributed by atoms with van der Waals surface area (Å²) < 4.78 is 32.4. The van der Waals surface area contributed by atoms with Gasteiger partial charge in [-0.1, -0.05) is 39.3 Å². The van der Waals surface area contributed by atoms with E-state index in [1.807, 2.05) is 13.8 Å². The van der Waals surface area contributed by atoms with Gasteiger partial charge in [0, 0.05) is 6.42 Å². The summed E-state index contributed by atoms with van der Waals surface area (Å²) in [6, 6.07) is 0. The molecule has 4 aliphatic carbocycles. The number of halogens is 2. The van der Waals surface area contributed by atoms with E-state index in [0.717, 1.165) is 58.5 Å². The topological polar surface area (TPSA) is 46.5 Å². The zero-order valence-corrected chi connectivity index (χ0v) is 20.1. The van der Waals surface area contributed by atoms with Gasteiger partial charge in [0.25, 0.3) is 0 Å². The van der Waals surface area contributed by atoms with Crippen LogP contribution in [0, 0.1) is 34.5 Å². The summed E-state index contributed by atoms with van der Waals surface area (Å²) in [5.41, 5.74) is 1.77. The van der Waals surface area contributed by atoms with Crippen molar-refractivity contribution in [3.8, 4) is 0 Å². The second kappa shape index (κ2) is 9.11. The number of hydrogen-bond acceptors (Lipinski definition) is 3. The molecule has 3 saturated carbocycles. The van der Waals surface area contributed by atoms with Crippen LogP contribution < -0.4 is 0 Å². The first kappa shape index (κ1) is 24.7. The zero-order valence-electron chi connectivity index (χ0n) is 20.1. The van der Waals surface area contributed by atoms with Crippen LogP contribution in [-0.2, 0) is 9.53 Å². The fraction of sp³-hybridized carbons (Fsp3) is 0.885. The van der Waals surface area contributed by atoms with E-state index in [1.165, 1.54) is 5.57 Å². The Balaban J connectivity index is 0.00000132. The molecule has 0 heterocycles. The van der Waals surface area contributed by atoms with Gasteiger partial charge >= 0.3 is 11.9 Å². The first-order valence-corrected chi connectivity index (χ1v) is 12.5. The molecule has 0 saturated heterocycles. The fourth-order valence-electron chi connectivity index (χ4n) is 7.83. The molecule has 6 unspecified atom stereocenters. The number of fused-ring (bicyclic) bond motifs is 5. The summed E-state index contributed by atoms with van der Waals surface area (Å²) in [4.78, 5) is 11.4. The van der Waals surface area contributed by atoms with Crippen molar-refractivity contribution in [2.24, 2.45) is 34.5 Å². The lowest BCUT2D eigenvalue weighted by Gasteiger charge is -2.58. The van der Waals surface area contributed by atoms with Crippen LogP contribution in [0.15, 0.2) is 11.6 Å². The van der Waals surface area contributed by atoms with Crippen LogP contribution in [0.2, 0.25) is 0 Å². The predicted octanol–water partition coefficient (Wildman–Crippen LogP) is 6.54. The number of hydrogen-bond donors (Lipinski definition) is 1. The molecule has 0 spiro atoms. The molecule has 0 aliphatic heterocycles. The van der Waals surface area contributed by atoms with Crippen molar-refractivity contribution in [3.05, 3.63) is 11.6 Å². The molecule has 1 N–H and O–H groups in total. The maximum absolute atomic E-state index is 14.1. The number of aliphatic hydroxyl groups is 1. The number of carbonyl (C=O) groups excluding carboxylic acids is 1. The molecule has 0 radical (unpaired) electrons. The summed E-state index contributed by atoms with van der Waals surface area (Å²) in [7, 11) is 1.03. The fourth-order valence-corrected chi connectivity index (χ4v) is 7.83. The Kier molecular flexibility index (Phi) is 7.25. The van der Waals surface area contributed by atoms with Gasteiger partial charge in [0.05, 0.1) is 13.2 Å². The van der Waals surface area contributed by atoms with E-state index in [4.69, 9.17) is 0 Å². The lowest BCUT2D eigenvalue weighted by atomic mass is 9.47. The van der Waals surface area contributed by atoms with Gasteiger partial charge in [-0.3, -0.25) is 0 Å². The van der Waals surface area contributed by atoms with Gasteiger partial charge in [0.1, 0.15) is 0 Å². The second-order valence-corrected chi connectivity index (χ2v) is 10.7. The molecule has 0 aromatic rings. The van der Waals surface area contributed by atoms with E-state index in [-0.39, 0.29) is 22.9 Å². The van der Waals surface area contributed by atoms with Crippen molar-refractivity contribution >= 4 is 5.97 Å². The van der Waals surface area contributed by atoms with E-state index >= 15 is 0 Å². The van der Waals surface area contributed by atoms with Gasteiger partial charge in [0.2, 0.25) is 0 Å². The number of aliphatic hydroxyl groups excluding tert-OH is 1. The quantitative estimate of drug-likeness (QED) is 0.399. The van der Waals surface area contributed by atoms with Crippen LogP contribution >= 0.6 is 0 Å². The molecular formula is C26H42F2O3. The van der Waals surface area contributed by atoms with Gasteiger partial charge in [-0.05, 0) is 92.3 Å². The Morgan fingerprint density at radius 1 is 1.16 bits per heavy atom. The summed E-state index contributed by atoms with van der Waals surface area (Å²) in [6.07, 6.45) is 10.5. The molecule has 3 fully saturated rings. The van der Waals surface area contributed by atoms with E-state index in [1.54, 1.807) is 0 Å². The minimum Gasteiger partial charge on any atom is -0.465 e. The highest BCUT2D eigenvalue weighted by atomic mass is 19.3. The van der Waals surface area contributed by atoms with Crippen molar-refractivity contribution < 1.29 is 23.4 Å². The minimum atomic E-state index is -3.38.